The Morgan fingerprint density at radius 3 is 2.37 bits per heavy atom. The van der Waals surface area contributed by atoms with E-state index in [2.05, 4.69) is 24.5 Å². The molecular formula is C14H19F3N2. The van der Waals surface area contributed by atoms with Gasteiger partial charge in [-0.05, 0) is 36.5 Å². The van der Waals surface area contributed by atoms with Crippen LogP contribution in [0.1, 0.15) is 25.8 Å². The maximum absolute atomic E-state index is 12.7. The number of benzene rings is 1. The Morgan fingerprint density at radius 1 is 1.16 bits per heavy atom. The molecule has 19 heavy (non-hydrogen) atoms. The molecule has 0 bridgehead atoms. The summed E-state index contributed by atoms with van der Waals surface area (Å²) in [7, 11) is 0. The van der Waals surface area contributed by atoms with E-state index in [0.717, 1.165) is 24.7 Å². The number of rotatable bonds is 2. The highest BCUT2D eigenvalue weighted by Crippen LogP contribution is 2.35. The van der Waals surface area contributed by atoms with E-state index in [9.17, 15) is 13.2 Å². The van der Waals surface area contributed by atoms with E-state index in [1.807, 2.05) is 0 Å². The number of halogens is 3. The van der Waals surface area contributed by atoms with Gasteiger partial charge in [-0.15, -0.1) is 0 Å². The lowest BCUT2D eigenvalue weighted by Gasteiger charge is -2.16. The molecule has 5 heteroatoms. The summed E-state index contributed by atoms with van der Waals surface area (Å²) in [4.78, 5) is 0. The van der Waals surface area contributed by atoms with Gasteiger partial charge in [0.25, 0.3) is 0 Å². The maximum Gasteiger partial charge on any atom is 0.416 e. The van der Waals surface area contributed by atoms with Crippen LogP contribution in [0.2, 0.25) is 0 Å². The van der Waals surface area contributed by atoms with Gasteiger partial charge >= 0.3 is 6.18 Å². The molecule has 0 amide bonds. The van der Waals surface area contributed by atoms with Gasteiger partial charge in [-0.2, -0.15) is 13.2 Å². The van der Waals surface area contributed by atoms with Gasteiger partial charge in [0.1, 0.15) is 0 Å². The maximum atomic E-state index is 12.7. The Kier molecular flexibility index (Phi) is 3.92. The van der Waals surface area contributed by atoms with Crippen LogP contribution in [0, 0.1) is 11.8 Å². The van der Waals surface area contributed by atoms with Crippen LogP contribution in [0.3, 0.4) is 0 Å². The minimum Gasteiger partial charge on any atom is -0.383 e. The topological polar surface area (TPSA) is 24.1 Å². The molecule has 2 N–H and O–H groups in total. The van der Waals surface area contributed by atoms with Crippen molar-refractivity contribution >= 4 is 11.4 Å². The third kappa shape index (κ3) is 3.55. The monoisotopic (exact) mass is 272 g/mol. The lowest BCUT2D eigenvalue weighted by Crippen LogP contribution is -2.20. The predicted molar refractivity (Wildman–Crippen MR) is 71.4 cm³/mol. The van der Waals surface area contributed by atoms with Crippen LogP contribution in [-0.4, -0.2) is 13.1 Å². The SMILES string of the molecule is CC(C)CC1CNc2ccc(C(F)(F)F)cc2NC1. The number of hydrogen-bond acceptors (Lipinski definition) is 2. The fourth-order valence-electron chi connectivity index (χ4n) is 2.44. The van der Waals surface area contributed by atoms with Crippen molar-refractivity contribution in [3.8, 4) is 0 Å². The molecule has 2 rings (SSSR count). The molecule has 106 valence electrons. The highest BCUT2D eigenvalue weighted by atomic mass is 19.4. The van der Waals surface area contributed by atoms with Crippen LogP contribution in [0.4, 0.5) is 24.5 Å². The molecule has 1 atom stereocenters. The van der Waals surface area contributed by atoms with Crippen molar-refractivity contribution in [1.82, 2.24) is 0 Å². The lowest BCUT2D eigenvalue weighted by atomic mass is 9.97. The molecule has 0 spiro atoms. The van der Waals surface area contributed by atoms with Crippen molar-refractivity contribution in [2.75, 3.05) is 23.7 Å². The van der Waals surface area contributed by atoms with Crippen LogP contribution in [0.5, 0.6) is 0 Å². The second-order valence-corrected chi connectivity index (χ2v) is 5.52. The summed E-state index contributed by atoms with van der Waals surface area (Å²) < 4.78 is 38.0. The van der Waals surface area contributed by atoms with Crippen LogP contribution in [0.25, 0.3) is 0 Å². The zero-order valence-corrected chi connectivity index (χ0v) is 11.1. The Hall–Kier alpha value is -1.39. The largest absolute Gasteiger partial charge is 0.416 e. The fraction of sp³-hybridized carbons (Fsp3) is 0.571. The average Bonchev–Trinajstić information content (AvgIpc) is 2.49. The second kappa shape index (κ2) is 5.31. The van der Waals surface area contributed by atoms with Crippen molar-refractivity contribution < 1.29 is 13.2 Å². The molecule has 1 heterocycles. The molecule has 1 aromatic rings. The molecule has 0 saturated carbocycles. The zero-order valence-electron chi connectivity index (χ0n) is 11.1. The smallest absolute Gasteiger partial charge is 0.383 e. The second-order valence-electron chi connectivity index (χ2n) is 5.52. The first-order valence-electron chi connectivity index (χ1n) is 6.55. The molecule has 2 nitrogen and oxygen atoms in total. The predicted octanol–water partition coefficient (Wildman–Crippen LogP) is 4.21. The summed E-state index contributed by atoms with van der Waals surface area (Å²) in [6.45, 7) is 5.81. The third-order valence-electron chi connectivity index (χ3n) is 3.31. The van der Waals surface area contributed by atoms with E-state index in [4.69, 9.17) is 0 Å². The highest BCUT2D eigenvalue weighted by Gasteiger charge is 2.31. The standard InChI is InChI=1S/C14H19F3N2/c1-9(2)5-10-7-18-12-4-3-11(14(15,16)17)6-13(12)19-8-10/h3-4,6,9-10,18-19H,5,7-8H2,1-2H3. The van der Waals surface area contributed by atoms with Crippen molar-refractivity contribution in [3.63, 3.8) is 0 Å². The molecule has 1 unspecified atom stereocenters. The Bertz CT molecular complexity index is 441. The minimum atomic E-state index is -4.29. The van der Waals surface area contributed by atoms with Crippen LogP contribution in [-0.2, 0) is 6.18 Å². The van der Waals surface area contributed by atoms with Crippen LogP contribution >= 0.6 is 0 Å². The first-order chi connectivity index (χ1) is 8.86. The number of fused-ring (bicyclic) bond motifs is 1. The van der Waals surface area contributed by atoms with Crippen molar-refractivity contribution in [2.45, 2.75) is 26.4 Å². The van der Waals surface area contributed by atoms with E-state index in [1.54, 1.807) is 0 Å². The Balaban J connectivity index is 2.14. The number of hydrogen-bond donors (Lipinski definition) is 2. The van der Waals surface area contributed by atoms with Crippen molar-refractivity contribution in [3.05, 3.63) is 23.8 Å². The molecule has 1 aliphatic rings. The normalized spacial score (nSPS) is 19.4. The van der Waals surface area contributed by atoms with Crippen molar-refractivity contribution in [2.24, 2.45) is 11.8 Å². The van der Waals surface area contributed by atoms with Gasteiger partial charge in [0.2, 0.25) is 0 Å². The highest BCUT2D eigenvalue weighted by molar-refractivity contribution is 5.70. The molecule has 0 saturated heterocycles. The van der Waals surface area contributed by atoms with Gasteiger partial charge < -0.3 is 10.6 Å². The number of nitrogens with one attached hydrogen (secondary N) is 2. The molecule has 0 aliphatic carbocycles. The number of anilines is 2. The fourth-order valence-corrected chi connectivity index (χ4v) is 2.44. The average molecular weight is 272 g/mol. The van der Waals surface area contributed by atoms with Gasteiger partial charge in [-0.3, -0.25) is 0 Å². The summed E-state index contributed by atoms with van der Waals surface area (Å²) >= 11 is 0. The molecule has 1 aromatic carbocycles. The van der Waals surface area contributed by atoms with Gasteiger partial charge in [0.15, 0.2) is 0 Å². The van der Waals surface area contributed by atoms with Crippen LogP contribution < -0.4 is 10.6 Å². The summed E-state index contributed by atoms with van der Waals surface area (Å²) in [5, 5.41) is 6.36. The van der Waals surface area contributed by atoms with Crippen LogP contribution in [0.15, 0.2) is 18.2 Å². The Morgan fingerprint density at radius 2 is 1.79 bits per heavy atom. The van der Waals surface area contributed by atoms with E-state index in [1.165, 1.54) is 12.1 Å². The quantitative estimate of drug-likeness (QED) is 0.843. The molecule has 0 aromatic heterocycles. The molecule has 1 aliphatic heterocycles. The van der Waals surface area contributed by atoms with E-state index in [0.29, 0.717) is 24.1 Å². The zero-order chi connectivity index (χ0) is 14.0. The summed E-state index contributed by atoms with van der Waals surface area (Å²) in [5.74, 6) is 1.02. The first kappa shape index (κ1) is 14.0. The molecule has 0 radical (unpaired) electrons. The van der Waals surface area contributed by atoms with Gasteiger partial charge in [-0.1, -0.05) is 13.8 Å². The summed E-state index contributed by atoms with van der Waals surface area (Å²) in [5.41, 5.74) is 0.684. The van der Waals surface area contributed by atoms with Crippen molar-refractivity contribution in [1.29, 1.82) is 0 Å². The van der Waals surface area contributed by atoms with E-state index >= 15 is 0 Å². The summed E-state index contributed by atoms with van der Waals surface area (Å²) in [6.07, 6.45) is -3.24. The third-order valence-corrected chi connectivity index (χ3v) is 3.31. The van der Waals surface area contributed by atoms with E-state index < -0.39 is 11.7 Å². The molecule has 0 fully saturated rings. The minimum absolute atomic E-state index is 0.432. The van der Waals surface area contributed by atoms with E-state index in [-0.39, 0.29) is 0 Å². The first-order valence-corrected chi connectivity index (χ1v) is 6.55. The lowest BCUT2D eigenvalue weighted by molar-refractivity contribution is -0.137. The number of alkyl halides is 3. The van der Waals surface area contributed by atoms with Gasteiger partial charge in [0.05, 0.1) is 16.9 Å². The summed E-state index contributed by atoms with van der Waals surface area (Å²) in [6, 6.07) is 3.80. The van der Waals surface area contributed by atoms with Gasteiger partial charge in [-0.25, -0.2) is 0 Å². The molecular weight excluding hydrogens is 253 g/mol. The van der Waals surface area contributed by atoms with Gasteiger partial charge in [0, 0.05) is 13.1 Å². The Labute approximate surface area is 111 Å².